The fourth-order valence-corrected chi connectivity index (χ4v) is 6.22. The van der Waals surface area contributed by atoms with E-state index in [1.165, 1.54) is 17.9 Å². The van der Waals surface area contributed by atoms with Crippen LogP contribution in [-0.4, -0.2) is 0 Å². The number of benzene rings is 2. The molecule has 0 aliphatic carbocycles. The summed E-state index contributed by atoms with van der Waals surface area (Å²) in [6.07, 6.45) is 2.64. The number of rotatable bonds is 5. The zero-order chi connectivity index (χ0) is 11.9. The van der Waals surface area contributed by atoms with Gasteiger partial charge in [0.1, 0.15) is 0 Å². The van der Waals surface area contributed by atoms with Gasteiger partial charge in [0.05, 0.1) is 0 Å². The maximum absolute atomic E-state index is 2.30. The number of hydrogen-bond acceptors (Lipinski definition) is 0. The van der Waals surface area contributed by atoms with Gasteiger partial charge in [0.25, 0.3) is 0 Å². The maximum Gasteiger partial charge on any atom is -0.147 e. The van der Waals surface area contributed by atoms with E-state index in [9.17, 15) is 0 Å². The summed E-state index contributed by atoms with van der Waals surface area (Å²) in [4.78, 5) is 0. The second kappa shape index (κ2) is 8.45. The molecule has 2 heteroatoms. The average Bonchev–Trinajstić information content (AvgIpc) is 2.42. The molecule has 0 amide bonds. The summed E-state index contributed by atoms with van der Waals surface area (Å²) in [7, 11) is 0. The van der Waals surface area contributed by atoms with Gasteiger partial charge < -0.3 is 0 Å². The quantitative estimate of drug-likeness (QED) is 0.718. The predicted molar refractivity (Wildman–Crippen MR) is 79.1 cm³/mol. The zero-order valence-electron chi connectivity index (χ0n) is 10.6. The van der Waals surface area contributed by atoms with Gasteiger partial charge in [-0.25, -0.2) is 0 Å². The van der Waals surface area contributed by atoms with Crippen LogP contribution in [0.4, 0.5) is 0 Å². The van der Waals surface area contributed by atoms with Crippen molar-refractivity contribution >= 4 is 20.7 Å². The molecule has 0 aliphatic rings. The summed E-state index contributed by atoms with van der Waals surface area (Å²) in [5.74, 6) is 0. The first-order valence-corrected chi connectivity index (χ1v) is 8.89. The van der Waals surface area contributed by atoms with Gasteiger partial charge in [-0.05, 0) is 0 Å². The molecule has 0 N–H and O–H groups in total. The third-order valence-corrected chi connectivity index (χ3v) is 7.31. The monoisotopic (exact) mass is 350 g/mol. The van der Waals surface area contributed by atoms with Gasteiger partial charge in [0.15, 0.2) is 0 Å². The third-order valence-electron chi connectivity index (χ3n) is 2.54. The van der Waals surface area contributed by atoms with E-state index in [4.69, 9.17) is 0 Å². The molecule has 100 valence electrons. The molecule has 0 fully saturated rings. The Bertz CT molecular complexity index is 388. The molecule has 0 saturated carbocycles. The fraction of sp³-hybridized carbons (Fsp3) is 0.250. The summed E-state index contributed by atoms with van der Waals surface area (Å²) < 4.78 is 3.13. The van der Waals surface area contributed by atoms with E-state index in [1.807, 2.05) is 0 Å². The molecule has 0 aromatic heterocycles. The average molecular weight is 351 g/mol. The molecule has 0 aliphatic heterocycles. The van der Waals surface area contributed by atoms with Gasteiger partial charge in [-0.1, -0.05) is 0 Å². The van der Waals surface area contributed by atoms with Gasteiger partial charge in [-0.3, -0.25) is 0 Å². The molecular weight excluding hydrogens is 331 g/mol. The van der Waals surface area contributed by atoms with Gasteiger partial charge in [0.2, 0.25) is 0 Å². The molecule has 0 saturated heterocycles. The van der Waals surface area contributed by atoms with E-state index < -0.39 is 16.0 Å². The van der Waals surface area contributed by atoms with Crippen LogP contribution in [0.15, 0.2) is 60.7 Å². The Balaban J connectivity index is 0.00000162. The van der Waals surface area contributed by atoms with Crippen molar-refractivity contribution in [1.29, 1.82) is 0 Å². The van der Waals surface area contributed by atoms with Crippen LogP contribution in [0.3, 0.4) is 0 Å². The van der Waals surface area contributed by atoms with Crippen molar-refractivity contribution in [2.24, 2.45) is 0 Å². The second-order valence-electron chi connectivity index (χ2n) is 3.88. The van der Waals surface area contributed by atoms with Crippen molar-refractivity contribution in [2.75, 3.05) is 0 Å². The molecule has 2 rings (SSSR count). The summed E-state index contributed by atoms with van der Waals surface area (Å²) in [5.41, 5.74) is 0. The number of hydrogen-bond donors (Lipinski definition) is 0. The minimum absolute atomic E-state index is 0. The Hall–Kier alpha value is -0.647. The summed E-state index contributed by atoms with van der Waals surface area (Å²) in [6.45, 7) is 2.28. The summed E-state index contributed by atoms with van der Waals surface area (Å²) in [5, 5.41) is 1.37. The van der Waals surface area contributed by atoms with Gasteiger partial charge in [-0.2, -0.15) is 0 Å². The standard InChI is InChI=1S/2C6H5.C4H9.ClH.Rh/c2*1-2-4-6-5-3-1;1-3-4-2;;/h2*1-5H;1,3-4H2,2H3;1H;. The number of halogens is 1. The van der Waals surface area contributed by atoms with Crippen molar-refractivity contribution in [3.8, 4) is 0 Å². The zero-order valence-corrected chi connectivity index (χ0v) is 13.1. The molecule has 2 aromatic rings. The van der Waals surface area contributed by atoms with Crippen LogP contribution in [0.1, 0.15) is 19.8 Å². The molecule has 0 unspecified atom stereocenters. The molecule has 18 heavy (non-hydrogen) atoms. The Morgan fingerprint density at radius 3 is 1.61 bits per heavy atom. The van der Waals surface area contributed by atoms with Crippen LogP contribution in [0.2, 0.25) is 5.02 Å². The molecule has 0 heterocycles. The van der Waals surface area contributed by atoms with Crippen molar-refractivity contribution in [2.45, 2.75) is 24.8 Å². The van der Waals surface area contributed by atoms with E-state index in [1.54, 1.807) is 8.32 Å². The van der Waals surface area contributed by atoms with E-state index in [0.29, 0.717) is 0 Å². The summed E-state index contributed by atoms with van der Waals surface area (Å²) >= 11 is -0.871. The molecule has 0 nitrogen and oxygen atoms in total. The van der Waals surface area contributed by atoms with Crippen molar-refractivity contribution < 1.29 is 16.0 Å². The van der Waals surface area contributed by atoms with Gasteiger partial charge in [0, 0.05) is 0 Å². The minimum atomic E-state index is -0.871. The third kappa shape index (κ3) is 4.23. The van der Waals surface area contributed by atoms with E-state index in [0.717, 1.165) is 0 Å². The van der Waals surface area contributed by atoms with Gasteiger partial charge >= 0.3 is 110 Å². The second-order valence-corrected chi connectivity index (χ2v) is 8.16. The molecule has 0 spiro atoms. The fourth-order valence-electron chi connectivity index (χ4n) is 1.62. The normalized spacial score (nSPS) is 10.6. The SMILES string of the molecule is CCC[CH2][Rh]([c]1ccccc1)[c]1ccccc1.Cl. The maximum atomic E-state index is 2.30. The van der Waals surface area contributed by atoms with E-state index in [-0.39, 0.29) is 12.4 Å². The molecule has 0 bridgehead atoms. The van der Waals surface area contributed by atoms with Crippen LogP contribution < -0.4 is 8.32 Å². The van der Waals surface area contributed by atoms with Crippen LogP contribution in [0, 0.1) is 0 Å². The smallest absolute Gasteiger partial charge is 0.147 e. The first-order chi connectivity index (χ1) is 8.42. The Labute approximate surface area is 122 Å². The molecule has 0 radical (unpaired) electrons. The Morgan fingerprint density at radius 2 is 1.22 bits per heavy atom. The van der Waals surface area contributed by atoms with E-state index in [2.05, 4.69) is 67.6 Å². The Kier molecular flexibility index (Phi) is 7.24. The Morgan fingerprint density at radius 1 is 0.778 bits per heavy atom. The minimum Gasteiger partial charge on any atom is -0.147 e. The van der Waals surface area contributed by atoms with Crippen LogP contribution in [0.25, 0.3) is 0 Å². The van der Waals surface area contributed by atoms with Gasteiger partial charge in [-0.15, -0.1) is 12.4 Å². The number of unbranched alkanes of at least 4 members (excludes halogenated alkanes) is 1. The van der Waals surface area contributed by atoms with Crippen LogP contribution in [-0.2, 0) is 16.0 Å². The predicted octanol–water partition coefficient (Wildman–Crippen LogP) is 3.90. The van der Waals surface area contributed by atoms with Crippen LogP contribution in [0.5, 0.6) is 0 Å². The summed E-state index contributed by atoms with van der Waals surface area (Å²) in [6, 6.07) is 22.1. The van der Waals surface area contributed by atoms with Crippen molar-refractivity contribution in [3.05, 3.63) is 60.7 Å². The largest absolute Gasteiger partial charge is 0.147 e. The van der Waals surface area contributed by atoms with E-state index >= 15 is 0 Å². The topological polar surface area (TPSA) is 0 Å². The van der Waals surface area contributed by atoms with Crippen molar-refractivity contribution in [3.63, 3.8) is 0 Å². The first-order valence-electron chi connectivity index (χ1n) is 6.10. The van der Waals surface area contributed by atoms with Crippen LogP contribution >= 0.6 is 12.4 Å². The molecular formula is C16H20ClRh. The molecule has 0 atom stereocenters. The molecule has 2 aromatic carbocycles. The van der Waals surface area contributed by atoms with Crippen molar-refractivity contribution in [1.82, 2.24) is 0 Å². The first kappa shape index (κ1) is 15.4.